The van der Waals surface area contributed by atoms with Crippen LogP contribution in [0, 0.1) is 40.9 Å². The molecule has 0 amide bonds. The fraction of sp³-hybridized carbons (Fsp3) is 1.00. The van der Waals surface area contributed by atoms with Gasteiger partial charge in [-0.05, 0) is 97.9 Å². The van der Waals surface area contributed by atoms with E-state index in [0.29, 0.717) is 11.5 Å². The molecule has 0 aromatic carbocycles. The monoisotopic (exact) mass is 368 g/mol. The second kappa shape index (κ2) is 9.49. The molecule has 0 saturated heterocycles. The Balaban J connectivity index is 1.99. The summed E-state index contributed by atoms with van der Waals surface area (Å²) in [5.41, 5.74) is 0.514. The van der Waals surface area contributed by atoms with Crippen LogP contribution in [0.25, 0.3) is 0 Å². The number of rotatable bonds is 10. The third-order valence-electron chi connectivity index (χ3n) is 7.43. The molecule has 2 heteroatoms. The molecular formula is C23H44OS. The first-order valence-electron chi connectivity index (χ1n) is 10.9. The second-order valence-electron chi connectivity index (χ2n) is 10.5. The van der Waals surface area contributed by atoms with Crippen molar-refractivity contribution in [2.75, 3.05) is 6.26 Å². The van der Waals surface area contributed by atoms with Gasteiger partial charge in [-0.25, -0.2) is 0 Å². The Kier molecular flexibility index (Phi) is 8.20. The Labute approximate surface area is 162 Å². The predicted molar refractivity (Wildman–Crippen MR) is 113 cm³/mol. The van der Waals surface area contributed by atoms with Gasteiger partial charge in [0.05, 0.1) is 6.10 Å². The SMILES string of the molecule is CSOC1CCC1CC(C)(CCC(C)C)CC1CC(C(C)C)CC1C. The van der Waals surface area contributed by atoms with Crippen LogP contribution in [0.2, 0.25) is 0 Å². The lowest BCUT2D eigenvalue weighted by molar-refractivity contribution is 0.0180. The van der Waals surface area contributed by atoms with E-state index in [4.69, 9.17) is 4.18 Å². The Morgan fingerprint density at radius 3 is 2.20 bits per heavy atom. The molecule has 0 heterocycles. The molecule has 0 bridgehead atoms. The quantitative estimate of drug-likeness (QED) is 0.367. The van der Waals surface area contributed by atoms with Crippen molar-refractivity contribution in [2.24, 2.45) is 40.9 Å². The van der Waals surface area contributed by atoms with Crippen molar-refractivity contribution in [1.82, 2.24) is 0 Å². The zero-order valence-electron chi connectivity index (χ0n) is 18.0. The third kappa shape index (κ3) is 6.16. The Morgan fingerprint density at radius 2 is 1.72 bits per heavy atom. The number of hydrogen-bond acceptors (Lipinski definition) is 2. The molecule has 6 atom stereocenters. The van der Waals surface area contributed by atoms with Gasteiger partial charge in [-0.15, -0.1) is 0 Å². The average Bonchev–Trinajstić information content (AvgIpc) is 2.89. The smallest absolute Gasteiger partial charge is 0.0750 e. The highest BCUT2D eigenvalue weighted by Crippen LogP contribution is 2.50. The Bertz CT molecular complexity index is 394. The van der Waals surface area contributed by atoms with Gasteiger partial charge in [0, 0.05) is 6.26 Å². The van der Waals surface area contributed by atoms with Crippen molar-refractivity contribution < 1.29 is 4.18 Å². The molecule has 0 aromatic heterocycles. The lowest BCUT2D eigenvalue weighted by Gasteiger charge is -2.43. The summed E-state index contributed by atoms with van der Waals surface area (Å²) in [6.45, 7) is 14.8. The summed E-state index contributed by atoms with van der Waals surface area (Å²) in [5.74, 6) is 5.33. The summed E-state index contributed by atoms with van der Waals surface area (Å²) in [6, 6.07) is 0. The summed E-state index contributed by atoms with van der Waals surface area (Å²) in [7, 11) is 0. The van der Waals surface area contributed by atoms with E-state index in [0.717, 1.165) is 35.5 Å². The van der Waals surface area contributed by atoms with Gasteiger partial charge in [0.1, 0.15) is 0 Å². The van der Waals surface area contributed by atoms with Gasteiger partial charge in [0.25, 0.3) is 0 Å². The van der Waals surface area contributed by atoms with E-state index in [1.54, 1.807) is 12.0 Å². The van der Waals surface area contributed by atoms with E-state index >= 15 is 0 Å². The van der Waals surface area contributed by atoms with Crippen molar-refractivity contribution in [3.63, 3.8) is 0 Å². The first-order chi connectivity index (χ1) is 11.7. The first-order valence-corrected chi connectivity index (χ1v) is 12.1. The molecule has 0 spiro atoms. The highest BCUT2D eigenvalue weighted by molar-refractivity contribution is 7.93. The molecule has 2 aliphatic rings. The maximum absolute atomic E-state index is 5.92. The van der Waals surface area contributed by atoms with E-state index in [1.165, 1.54) is 51.4 Å². The summed E-state index contributed by atoms with van der Waals surface area (Å²) >= 11 is 1.57. The minimum absolute atomic E-state index is 0.514. The van der Waals surface area contributed by atoms with Crippen LogP contribution < -0.4 is 0 Å². The number of hydrogen-bond donors (Lipinski definition) is 0. The first kappa shape index (κ1) is 21.6. The van der Waals surface area contributed by atoms with Crippen molar-refractivity contribution in [3.8, 4) is 0 Å². The minimum atomic E-state index is 0.514. The third-order valence-corrected chi connectivity index (χ3v) is 7.87. The molecule has 25 heavy (non-hydrogen) atoms. The average molecular weight is 369 g/mol. The largest absolute Gasteiger partial charge is 0.312 e. The maximum atomic E-state index is 5.92. The standard InChI is InChI=1S/C23H44OS/c1-16(2)10-11-23(6,14-19-8-9-22(19)24-25-7)15-21-13-20(17(3)4)12-18(21)5/h16-22H,8-15H2,1-7H3. The lowest BCUT2D eigenvalue weighted by atomic mass is 9.65. The topological polar surface area (TPSA) is 9.23 Å². The molecule has 148 valence electrons. The van der Waals surface area contributed by atoms with Gasteiger partial charge >= 0.3 is 0 Å². The zero-order chi connectivity index (χ0) is 18.6. The maximum Gasteiger partial charge on any atom is 0.0750 e. The molecule has 0 aromatic rings. The predicted octanol–water partition coefficient (Wildman–Crippen LogP) is 7.60. The molecule has 0 radical (unpaired) electrons. The molecule has 0 aliphatic heterocycles. The van der Waals surface area contributed by atoms with E-state index in [-0.39, 0.29) is 0 Å². The molecule has 2 rings (SSSR count). The molecule has 2 aliphatic carbocycles. The summed E-state index contributed by atoms with van der Waals surface area (Å²) < 4.78 is 5.92. The molecule has 2 saturated carbocycles. The fourth-order valence-corrected chi connectivity index (χ4v) is 5.93. The highest BCUT2D eigenvalue weighted by Gasteiger charge is 2.42. The summed E-state index contributed by atoms with van der Waals surface area (Å²) in [4.78, 5) is 0. The van der Waals surface area contributed by atoms with Crippen LogP contribution >= 0.6 is 12.0 Å². The minimum Gasteiger partial charge on any atom is -0.312 e. The van der Waals surface area contributed by atoms with Gasteiger partial charge < -0.3 is 4.18 Å². The lowest BCUT2D eigenvalue weighted by Crippen LogP contribution is -2.37. The molecular weight excluding hydrogens is 324 g/mol. The van der Waals surface area contributed by atoms with E-state index < -0.39 is 0 Å². The second-order valence-corrected chi connectivity index (χ2v) is 11.0. The van der Waals surface area contributed by atoms with Crippen molar-refractivity contribution >= 4 is 12.0 Å². The van der Waals surface area contributed by atoms with Crippen LogP contribution in [0.5, 0.6) is 0 Å². The Hall–Kier alpha value is 0.310. The van der Waals surface area contributed by atoms with E-state index in [9.17, 15) is 0 Å². The van der Waals surface area contributed by atoms with Crippen LogP contribution in [-0.2, 0) is 4.18 Å². The molecule has 6 unspecified atom stereocenters. The van der Waals surface area contributed by atoms with Crippen LogP contribution in [-0.4, -0.2) is 12.4 Å². The summed E-state index contributed by atoms with van der Waals surface area (Å²) in [5, 5.41) is 0. The van der Waals surface area contributed by atoms with Gasteiger partial charge in [-0.1, -0.05) is 48.0 Å². The van der Waals surface area contributed by atoms with Crippen molar-refractivity contribution in [3.05, 3.63) is 0 Å². The van der Waals surface area contributed by atoms with E-state index in [1.807, 2.05) is 0 Å². The van der Waals surface area contributed by atoms with Crippen LogP contribution in [0.4, 0.5) is 0 Å². The molecule has 1 nitrogen and oxygen atoms in total. The van der Waals surface area contributed by atoms with E-state index in [2.05, 4.69) is 47.8 Å². The van der Waals surface area contributed by atoms with Gasteiger partial charge in [-0.3, -0.25) is 0 Å². The van der Waals surface area contributed by atoms with Gasteiger partial charge in [0.2, 0.25) is 0 Å². The van der Waals surface area contributed by atoms with Crippen molar-refractivity contribution in [2.45, 2.75) is 99.0 Å². The highest BCUT2D eigenvalue weighted by atomic mass is 32.2. The normalized spacial score (nSPS) is 35.2. The Morgan fingerprint density at radius 1 is 1.04 bits per heavy atom. The van der Waals surface area contributed by atoms with Crippen LogP contribution in [0.1, 0.15) is 92.9 Å². The molecule has 0 N–H and O–H groups in total. The van der Waals surface area contributed by atoms with Crippen molar-refractivity contribution in [1.29, 1.82) is 0 Å². The van der Waals surface area contributed by atoms with Crippen LogP contribution in [0.15, 0.2) is 0 Å². The zero-order valence-corrected chi connectivity index (χ0v) is 18.8. The van der Waals surface area contributed by atoms with Gasteiger partial charge in [-0.2, -0.15) is 0 Å². The molecule has 2 fully saturated rings. The summed E-state index contributed by atoms with van der Waals surface area (Å²) in [6.07, 6.45) is 13.8. The van der Waals surface area contributed by atoms with Crippen LogP contribution in [0.3, 0.4) is 0 Å². The van der Waals surface area contributed by atoms with Gasteiger partial charge in [0.15, 0.2) is 0 Å². The fourth-order valence-electron chi connectivity index (χ4n) is 5.43.